The average Bonchev–Trinajstić information content (AvgIpc) is 2.69. The molecule has 0 aliphatic rings. The monoisotopic (exact) mass is 252 g/mol. The quantitative estimate of drug-likeness (QED) is 0.876. The van der Waals surface area contributed by atoms with Gasteiger partial charge in [-0.05, 0) is 19.5 Å². The molecule has 0 unspecified atom stereocenters. The van der Waals surface area contributed by atoms with Crippen LogP contribution in [0.5, 0.6) is 11.8 Å². The van der Waals surface area contributed by atoms with Gasteiger partial charge in [-0.15, -0.1) is 5.10 Å². The average molecular weight is 253 g/mol. The van der Waals surface area contributed by atoms with Crippen LogP contribution in [0.3, 0.4) is 0 Å². The Balaban J connectivity index is 2.18. The molecule has 2 heterocycles. The largest absolute Gasteiger partial charge is 0.419 e. The van der Waals surface area contributed by atoms with Crippen LogP contribution in [0.4, 0.5) is 0 Å². The zero-order valence-corrected chi connectivity index (χ0v) is 10.4. The topological polar surface area (TPSA) is 62.8 Å². The fraction of sp³-hybridized carbons (Fsp3) is 0.273. The Bertz CT molecular complexity index is 512. The van der Waals surface area contributed by atoms with E-state index < -0.39 is 0 Å². The van der Waals surface area contributed by atoms with Crippen LogP contribution in [0.1, 0.15) is 11.3 Å². The first kappa shape index (κ1) is 11.9. The first-order valence-electron chi connectivity index (χ1n) is 5.18. The summed E-state index contributed by atoms with van der Waals surface area (Å²) >= 11 is 6.00. The first-order chi connectivity index (χ1) is 8.19. The molecule has 0 spiro atoms. The predicted molar refractivity (Wildman–Crippen MR) is 65.4 cm³/mol. The summed E-state index contributed by atoms with van der Waals surface area (Å²) in [6.45, 7) is 2.57. The number of ether oxygens (including phenoxy) is 1. The van der Waals surface area contributed by atoms with Gasteiger partial charge in [-0.1, -0.05) is 11.6 Å². The van der Waals surface area contributed by atoms with E-state index in [1.165, 1.54) is 0 Å². The van der Waals surface area contributed by atoms with E-state index >= 15 is 0 Å². The molecule has 0 saturated carbocycles. The molecule has 2 N–H and O–H groups in total. The standard InChI is InChI=1S/C11H13ClN4O/c1-7-3-11(16-15-7)17-10-4-8(5-13-2)9(12)6-14-10/h3-4,6,13H,5H2,1-2H3,(H,15,16). The van der Waals surface area contributed by atoms with Gasteiger partial charge in [0.2, 0.25) is 11.8 Å². The molecule has 0 fully saturated rings. The number of halogens is 1. The molecule has 5 nitrogen and oxygen atoms in total. The third-order valence-corrected chi connectivity index (χ3v) is 2.51. The molecule has 0 aromatic carbocycles. The van der Waals surface area contributed by atoms with E-state index in [4.69, 9.17) is 16.3 Å². The summed E-state index contributed by atoms with van der Waals surface area (Å²) in [5, 5.41) is 10.4. The Hall–Kier alpha value is -1.59. The van der Waals surface area contributed by atoms with Crippen molar-refractivity contribution in [2.24, 2.45) is 0 Å². The van der Waals surface area contributed by atoms with Crippen LogP contribution in [0, 0.1) is 6.92 Å². The van der Waals surface area contributed by atoms with Gasteiger partial charge in [-0.2, -0.15) is 0 Å². The van der Waals surface area contributed by atoms with Crippen molar-refractivity contribution >= 4 is 11.6 Å². The normalized spacial score (nSPS) is 10.5. The molecule has 0 saturated heterocycles. The molecule has 17 heavy (non-hydrogen) atoms. The molecule has 2 rings (SSSR count). The van der Waals surface area contributed by atoms with Gasteiger partial charge in [0.05, 0.1) is 5.02 Å². The summed E-state index contributed by atoms with van der Waals surface area (Å²) in [5.74, 6) is 0.971. The lowest BCUT2D eigenvalue weighted by molar-refractivity contribution is 0.442. The van der Waals surface area contributed by atoms with E-state index in [-0.39, 0.29) is 0 Å². The minimum absolute atomic E-state index is 0.478. The number of aryl methyl sites for hydroxylation is 1. The second kappa shape index (κ2) is 5.16. The Labute approximate surface area is 104 Å². The van der Waals surface area contributed by atoms with Crippen LogP contribution < -0.4 is 10.1 Å². The van der Waals surface area contributed by atoms with E-state index in [9.17, 15) is 0 Å². The number of nitrogens with one attached hydrogen (secondary N) is 2. The fourth-order valence-corrected chi connectivity index (χ4v) is 1.56. The van der Waals surface area contributed by atoms with Crippen molar-refractivity contribution in [1.82, 2.24) is 20.5 Å². The number of aromatic nitrogens is 3. The van der Waals surface area contributed by atoms with Gasteiger partial charge in [0.1, 0.15) is 0 Å². The maximum absolute atomic E-state index is 6.00. The Morgan fingerprint density at radius 3 is 2.88 bits per heavy atom. The summed E-state index contributed by atoms with van der Waals surface area (Å²) in [7, 11) is 1.86. The SMILES string of the molecule is CNCc1cc(Oc2cc(C)[nH]n2)ncc1Cl. The van der Waals surface area contributed by atoms with E-state index in [0.717, 1.165) is 11.3 Å². The second-order valence-electron chi connectivity index (χ2n) is 3.64. The van der Waals surface area contributed by atoms with Gasteiger partial charge in [0.25, 0.3) is 0 Å². The summed E-state index contributed by atoms with van der Waals surface area (Å²) in [6, 6.07) is 3.59. The molecular formula is C11H13ClN4O. The van der Waals surface area contributed by atoms with Crippen molar-refractivity contribution in [1.29, 1.82) is 0 Å². The van der Waals surface area contributed by atoms with Gasteiger partial charge < -0.3 is 10.1 Å². The molecule has 2 aromatic heterocycles. The third-order valence-electron chi connectivity index (χ3n) is 2.17. The maximum atomic E-state index is 6.00. The molecule has 90 valence electrons. The van der Waals surface area contributed by atoms with Crippen molar-refractivity contribution in [3.8, 4) is 11.8 Å². The van der Waals surface area contributed by atoms with Gasteiger partial charge >= 0.3 is 0 Å². The number of rotatable bonds is 4. The molecular weight excluding hydrogens is 240 g/mol. The minimum atomic E-state index is 0.478. The molecule has 0 amide bonds. The number of nitrogens with zero attached hydrogens (tertiary/aromatic N) is 2. The van der Waals surface area contributed by atoms with E-state index in [0.29, 0.717) is 23.3 Å². The lowest BCUT2D eigenvalue weighted by atomic mass is 10.2. The molecule has 0 bridgehead atoms. The predicted octanol–water partition coefficient (Wildman–Crippen LogP) is 2.28. The van der Waals surface area contributed by atoms with E-state index in [2.05, 4.69) is 20.5 Å². The van der Waals surface area contributed by atoms with Crippen molar-refractivity contribution in [2.75, 3.05) is 7.05 Å². The smallest absolute Gasteiger partial charge is 0.240 e. The van der Waals surface area contributed by atoms with Crippen molar-refractivity contribution in [2.45, 2.75) is 13.5 Å². The van der Waals surface area contributed by atoms with E-state index in [1.807, 2.05) is 14.0 Å². The Morgan fingerprint density at radius 1 is 1.41 bits per heavy atom. The highest BCUT2D eigenvalue weighted by Gasteiger charge is 2.06. The number of H-pyrrole nitrogens is 1. The highest BCUT2D eigenvalue weighted by molar-refractivity contribution is 6.31. The molecule has 0 radical (unpaired) electrons. The van der Waals surface area contributed by atoms with Gasteiger partial charge in [0, 0.05) is 30.6 Å². The van der Waals surface area contributed by atoms with Crippen LogP contribution in [-0.4, -0.2) is 22.2 Å². The van der Waals surface area contributed by atoms with Crippen molar-refractivity contribution < 1.29 is 4.74 Å². The number of aromatic amines is 1. The summed E-state index contributed by atoms with van der Waals surface area (Å²) in [4.78, 5) is 4.09. The summed E-state index contributed by atoms with van der Waals surface area (Å²) in [5.41, 5.74) is 1.87. The first-order valence-corrected chi connectivity index (χ1v) is 5.55. The van der Waals surface area contributed by atoms with Crippen molar-refractivity contribution in [3.63, 3.8) is 0 Å². The Morgan fingerprint density at radius 2 is 2.24 bits per heavy atom. The molecule has 0 aliphatic heterocycles. The van der Waals surface area contributed by atoms with Gasteiger partial charge in [0.15, 0.2) is 0 Å². The fourth-order valence-electron chi connectivity index (χ4n) is 1.39. The van der Waals surface area contributed by atoms with Crippen LogP contribution in [0.2, 0.25) is 5.02 Å². The molecule has 0 aliphatic carbocycles. The highest BCUT2D eigenvalue weighted by Crippen LogP contribution is 2.22. The van der Waals surface area contributed by atoms with Crippen LogP contribution >= 0.6 is 11.6 Å². The summed E-state index contributed by atoms with van der Waals surface area (Å²) < 4.78 is 5.50. The van der Waals surface area contributed by atoms with Gasteiger partial charge in [-0.25, -0.2) is 4.98 Å². The van der Waals surface area contributed by atoms with Crippen molar-refractivity contribution in [3.05, 3.63) is 34.6 Å². The lowest BCUT2D eigenvalue weighted by Crippen LogP contribution is -2.06. The number of hydrogen-bond donors (Lipinski definition) is 2. The van der Waals surface area contributed by atoms with E-state index in [1.54, 1.807) is 18.3 Å². The highest BCUT2D eigenvalue weighted by atomic mass is 35.5. The second-order valence-corrected chi connectivity index (χ2v) is 4.04. The number of pyridine rings is 1. The maximum Gasteiger partial charge on any atom is 0.240 e. The Kier molecular flexibility index (Phi) is 3.61. The zero-order chi connectivity index (χ0) is 12.3. The van der Waals surface area contributed by atoms with Crippen LogP contribution in [-0.2, 0) is 6.54 Å². The minimum Gasteiger partial charge on any atom is -0.419 e. The van der Waals surface area contributed by atoms with Gasteiger partial charge in [-0.3, -0.25) is 5.10 Å². The zero-order valence-electron chi connectivity index (χ0n) is 9.62. The van der Waals surface area contributed by atoms with Crippen LogP contribution in [0.15, 0.2) is 18.3 Å². The molecule has 0 atom stereocenters. The molecule has 2 aromatic rings. The number of hydrogen-bond acceptors (Lipinski definition) is 4. The molecule has 6 heteroatoms. The van der Waals surface area contributed by atoms with Crippen LogP contribution in [0.25, 0.3) is 0 Å². The third kappa shape index (κ3) is 2.95. The summed E-state index contributed by atoms with van der Waals surface area (Å²) in [6.07, 6.45) is 1.57. The lowest BCUT2D eigenvalue weighted by Gasteiger charge is -2.06.